The molecule has 0 atom stereocenters. The molecule has 0 radical (unpaired) electrons. The molecule has 0 N–H and O–H groups in total. The van der Waals surface area contributed by atoms with Crippen LogP contribution in [0.25, 0.3) is 5.65 Å². The highest BCUT2D eigenvalue weighted by Crippen LogP contribution is 2.06. The van der Waals surface area contributed by atoms with Gasteiger partial charge in [-0.3, -0.25) is 0 Å². The molecule has 56 valence electrons. The zero-order chi connectivity index (χ0) is 7.84. The van der Waals surface area contributed by atoms with Crippen molar-refractivity contribution >= 4 is 28.2 Å². The molecule has 0 aliphatic carbocycles. The smallest absolute Gasteiger partial charge is 0.156 e. The van der Waals surface area contributed by atoms with E-state index in [0.717, 1.165) is 15.0 Å². The Bertz CT molecular complexity index is 393. The van der Waals surface area contributed by atoms with Gasteiger partial charge in [-0.2, -0.15) is 5.10 Å². The maximum absolute atomic E-state index is 4.29. The fourth-order valence-corrected chi connectivity index (χ4v) is 1.46. The van der Waals surface area contributed by atoms with Gasteiger partial charge >= 0.3 is 0 Å². The number of rotatable bonds is 0. The lowest BCUT2D eigenvalue weighted by molar-refractivity contribution is 0.917. The van der Waals surface area contributed by atoms with Gasteiger partial charge < -0.3 is 0 Å². The molecule has 0 aliphatic heterocycles. The molecule has 0 spiro atoms. The van der Waals surface area contributed by atoms with Crippen molar-refractivity contribution in [3.8, 4) is 0 Å². The number of nitrogens with zero attached hydrogens (tertiary/aromatic N) is 3. The average Bonchev–Trinajstić information content (AvgIpc) is 2.27. The largest absolute Gasteiger partial charge is 0.234 e. The Morgan fingerprint density at radius 3 is 3.18 bits per heavy atom. The second-order valence-corrected chi connectivity index (χ2v) is 3.44. The van der Waals surface area contributed by atoms with Crippen molar-refractivity contribution in [2.45, 2.75) is 6.92 Å². The number of aryl methyl sites for hydroxylation is 1. The molecule has 0 saturated carbocycles. The monoisotopic (exact) mass is 259 g/mol. The Morgan fingerprint density at radius 1 is 1.55 bits per heavy atom. The van der Waals surface area contributed by atoms with Gasteiger partial charge in [0, 0.05) is 18.0 Å². The molecule has 2 aromatic rings. The summed E-state index contributed by atoms with van der Waals surface area (Å²) >= 11 is 2.17. The Hall–Kier alpha value is -0.650. The zero-order valence-electron chi connectivity index (χ0n) is 5.95. The van der Waals surface area contributed by atoms with E-state index in [1.165, 1.54) is 0 Å². The van der Waals surface area contributed by atoms with Crippen LogP contribution in [0.15, 0.2) is 18.3 Å². The first-order valence-electron chi connectivity index (χ1n) is 3.24. The van der Waals surface area contributed by atoms with Crippen LogP contribution < -0.4 is 0 Å². The predicted octanol–water partition coefficient (Wildman–Crippen LogP) is 1.64. The minimum absolute atomic E-state index is 0.911. The van der Waals surface area contributed by atoms with Crippen molar-refractivity contribution in [3.05, 3.63) is 27.7 Å². The van der Waals surface area contributed by atoms with E-state index in [2.05, 4.69) is 32.7 Å². The van der Waals surface area contributed by atoms with Gasteiger partial charge in [-0.15, -0.1) is 0 Å². The molecule has 0 saturated heterocycles. The summed E-state index contributed by atoms with van der Waals surface area (Å²) in [6, 6.07) is 3.89. The van der Waals surface area contributed by atoms with Crippen molar-refractivity contribution in [3.63, 3.8) is 0 Å². The summed E-state index contributed by atoms with van der Waals surface area (Å²) in [7, 11) is 0. The lowest BCUT2D eigenvalue weighted by Gasteiger charge is -1.91. The normalized spacial score (nSPS) is 10.7. The van der Waals surface area contributed by atoms with Crippen LogP contribution in [0.4, 0.5) is 0 Å². The number of hydrogen-bond acceptors (Lipinski definition) is 2. The van der Waals surface area contributed by atoms with Gasteiger partial charge in [0.15, 0.2) is 5.65 Å². The average molecular weight is 259 g/mol. The molecule has 0 unspecified atom stereocenters. The van der Waals surface area contributed by atoms with Crippen LogP contribution in [0, 0.1) is 10.6 Å². The van der Waals surface area contributed by atoms with Crippen molar-refractivity contribution in [2.24, 2.45) is 0 Å². The molecule has 2 heterocycles. The maximum atomic E-state index is 4.29. The highest BCUT2D eigenvalue weighted by molar-refractivity contribution is 14.1. The van der Waals surface area contributed by atoms with Crippen LogP contribution in [0.2, 0.25) is 0 Å². The quantitative estimate of drug-likeness (QED) is 0.673. The van der Waals surface area contributed by atoms with E-state index in [4.69, 9.17) is 0 Å². The highest BCUT2D eigenvalue weighted by atomic mass is 127. The van der Waals surface area contributed by atoms with E-state index in [-0.39, 0.29) is 0 Å². The first-order valence-corrected chi connectivity index (χ1v) is 4.32. The van der Waals surface area contributed by atoms with Crippen LogP contribution in [0.1, 0.15) is 5.69 Å². The predicted molar refractivity (Wildman–Crippen MR) is 50.4 cm³/mol. The van der Waals surface area contributed by atoms with Crippen LogP contribution in [-0.4, -0.2) is 14.6 Å². The number of aromatic nitrogens is 3. The van der Waals surface area contributed by atoms with Crippen LogP contribution >= 0.6 is 22.6 Å². The third-order valence-electron chi connectivity index (χ3n) is 1.43. The number of hydrogen-bond donors (Lipinski definition) is 0. The minimum atomic E-state index is 0.911. The SMILES string of the molecule is Cc1ccn2nc(I)cc2n1. The molecular weight excluding hydrogens is 253 g/mol. The number of halogens is 1. The summed E-state index contributed by atoms with van der Waals surface area (Å²) in [6.45, 7) is 1.97. The minimum Gasteiger partial charge on any atom is -0.234 e. The van der Waals surface area contributed by atoms with Gasteiger partial charge in [-0.05, 0) is 35.6 Å². The van der Waals surface area contributed by atoms with E-state index in [9.17, 15) is 0 Å². The Labute approximate surface area is 77.6 Å². The molecule has 0 aromatic carbocycles. The standard InChI is InChI=1S/C7H6IN3/c1-5-2-3-11-7(9-5)4-6(8)10-11/h2-4H,1H3. The molecular formula is C7H6IN3. The molecule has 0 aliphatic rings. The summed E-state index contributed by atoms with van der Waals surface area (Å²) in [5.74, 6) is 0. The van der Waals surface area contributed by atoms with Crippen LogP contribution in [0.3, 0.4) is 0 Å². The summed E-state index contributed by atoms with van der Waals surface area (Å²) in [4.78, 5) is 4.29. The summed E-state index contributed by atoms with van der Waals surface area (Å²) in [5.41, 5.74) is 1.93. The second-order valence-electron chi connectivity index (χ2n) is 2.34. The van der Waals surface area contributed by atoms with Crippen molar-refractivity contribution < 1.29 is 0 Å². The first-order chi connectivity index (χ1) is 5.25. The third kappa shape index (κ3) is 1.22. The zero-order valence-corrected chi connectivity index (χ0v) is 8.11. The van der Waals surface area contributed by atoms with E-state index < -0.39 is 0 Å². The van der Waals surface area contributed by atoms with Crippen molar-refractivity contribution in [1.29, 1.82) is 0 Å². The van der Waals surface area contributed by atoms with E-state index in [1.807, 2.05) is 25.3 Å². The Kier molecular flexibility index (Phi) is 1.56. The number of fused-ring (bicyclic) bond motifs is 1. The lowest BCUT2D eigenvalue weighted by Crippen LogP contribution is -1.90. The molecule has 2 rings (SSSR count). The highest BCUT2D eigenvalue weighted by Gasteiger charge is 1.97. The van der Waals surface area contributed by atoms with Gasteiger partial charge in [0.1, 0.15) is 3.70 Å². The fourth-order valence-electron chi connectivity index (χ4n) is 0.945. The van der Waals surface area contributed by atoms with E-state index >= 15 is 0 Å². The third-order valence-corrected chi connectivity index (χ3v) is 1.96. The van der Waals surface area contributed by atoms with Gasteiger partial charge in [0.2, 0.25) is 0 Å². The molecule has 4 heteroatoms. The van der Waals surface area contributed by atoms with Crippen LogP contribution in [0.5, 0.6) is 0 Å². The topological polar surface area (TPSA) is 30.2 Å². The van der Waals surface area contributed by atoms with Gasteiger partial charge in [0.05, 0.1) is 0 Å². The Balaban J connectivity index is 2.82. The van der Waals surface area contributed by atoms with Gasteiger partial charge in [-0.25, -0.2) is 9.50 Å². The molecule has 0 bridgehead atoms. The Morgan fingerprint density at radius 2 is 2.36 bits per heavy atom. The summed E-state index contributed by atoms with van der Waals surface area (Å²) < 4.78 is 2.75. The molecule has 0 fully saturated rings. The maximum Gasteiger partial charge on any atom is 0.156 e. The van der Waals surface area contributed by atoms with Crippen LogP contribution in [-0.2, 0) is 0 Å². The molecule has 0 amide bonds. The van der Waals surface area contributed by atoms with E-state index in [0.29, 0.717) is 0 Å². The first kappa shape index (κ1) is 7.02. The molecule has 11 heavy (non-hydrogen) atoms. The summed E-state index contributed by atoms with van der Waals surface area (Å²) in [5, 5.41) is 4.20. The summed E-state index contributed by atoms with van der Waals surface area (Å²) in [6.07, 6.45) is 1.92. The van der Waals surface area contributed by atoms with Crippen molar-refractivity contribution in [1.82, 2.24) is 14.6 Å². The van der Waals surface area contributed by atoms with Crippen molar-refractivity contribution in [2.75, 3.05) is 0 Å². The van der Waals surface area contributed by atoms with Gasteiger partial charge in [0.25, 0.3) is 0 Å². The lowest BCUT2D eigenvalue weighted by atomic mass is 10.4. The fraction of sp³-hybridized carbons (Fsp3) is 0.143. The molecule has 2 aromatic heterocycles. The van der Waals surface area contributed by atoms with Gasteiger partial charge in [-0.1, -0.05) is 0 Å². The van der Waals surface area contributed by atoms with E-state index in [1.54, 1.807) is 4.52 Å². The second kappa shape index (κ2) is 2.44. The molecule has 3 nitrogen and oxygen atoms in total.